The van der Waals surface area contributed by atoms with Gasteiger partial charge in [-0.1, -0.05) is 42.6 Å². The molecule has 5 heteroatoms. The van der Waals surface area contributed by atoms with Gasteiger partial charge in [-0.3, -0.25) is 0 Å². The maximum absolute atomic E-state index is 12.0. The van der Waals surface area contributed by atoms with Gasteiger partial charge < -0.3 is 14.4 Å². The van der Waals surface area contributed by atoms with Crippen molar-refractivity contribution in [3.8, 4) is 0 Å². The maximum Gasteiger partial charge on any atom is 0.410 e. The molecule has 1 rings (SSSR count). The van der Waals surface area contributed by atoms with Gasteiger partial charge >= 0.3 is 6.09 Å². The predicted octanol–water partition coefficient (Wildman–Crippen LogP) is 3.82. The van der Waals surface area contributed by atoms with Crippen LogP contribution in [0.1, 0.15) is 47.5 Å². The van der Waals surface area contributed by atoms with Gasteiger partial charge in [0.25, 0.3) is 0 Å². The van der Waals surface area contributed by atoms with Gasteiger partial charge in [0.05, 0.1) is 17.5 Å². The Morgan fingerprint density at radius 1 is 1.30 bits per heavy atom. The lowest BCUT2D eigenvalue weighted by molar-refractivity contribution is 0.0153. The number of hydrogen-bond donors (Lipinski definition) is 0. The first-order valence-electron chi connectivity index (χ1n) is 7.50. The number of rotatable bonds is 5. The number of hydrogen-bond acceptors (Lipinski definition) is 3. The molecule has 1 saturated heterocycles. The number of likely N-dealkylation sites (tertiary alicyclic amines) is 1. The van der Waals surface area contributed by atoms with E-state index in [2.05, 4.69) is 29.8 Å². The Kier molecular flexibility index (Phi) is 6.79. The fourth-order valence-corrected chi connectivity index (χ4v) is 2.82. The number of alkyl halides is 1. The summed E-state index contributed by atoms with van der Waals surface area (Å²) in [5, 5.41) is 0. The molecule has 0 aromatic rings. The molecule has 2 unspecified atom stereocenters. The van der Waals surface area contributed by atoms with E-state index in [1.807, 2.05) is 20.8 Å². The summed E-state index contributed by atoms with van der Waals surface area (Å²) in [5.41, 5.74) is -0.451. The molecule has 1 fully saturated rings. The standard InChI is InChI=1S/C15H28BrNO3/c1-6-11(7-2)10-19-13-9-17(8-12(13)16)14(18)20-15(3,4)5/h11-13H,6-10H2,1-5H3. The van der Waals surface area contributed by atoms with Crippen molar-refractivity contribution in [2.75, 3.05) is 19.7 Å². The third kappa shape index (κ3) is 5.60. The molecule has 1 aliphatic heterocycles. The molecule has 118 valence electrons. The van der Waals surface area contributed by atoms with Crippen molar-refractivity contribution in [2.24, 2.45) is 5.92 Å². The van der Waals surface area contributed by atoms with Crippen molar-refractivity contribution in [1.82, 2.24) is 4.90 Å². The largest absolute Gasteiger partial charge is 0.444 e. The van der Waals surface area contributed by atoms with Crippen molar-refractivity contribution in [1.29, 1.82) is 0 Å². The van der Waals surface area contributed by atoms with E-state index < -0.39 is 5.60 Å². The summed E-state index contributed by atoms with van der Waals surface area (Å²) in [5.74, 6) is 0.602. The predicted molar refractivity (Wildman–Crippen MR) is 84.3 cm³/mol. The quantitative estimate of drug-likeness (QED) is 0.708. The summed E-state index contributed by atoms with van der Waals surface area (Å²) in [6.45, 7) is 12.0. The molecule has 1 aliphatic rings. The molecule has 0 aromatic heterocycles. The Hall–Kier alpha value is -0.290. The minimum atomic E-state index is -0.451. The van der Waals surface area contributed by atoms with Gasteiger partial charge in [-0.25, -0.2) is 4.79 Å². The lowest BCUT2D eigenvalue weighted by Gasteiger charge is -2.24. The highest BCUT2D eigenvalue weighted by Gasteiger charge is 2.36. The summed E-state index contributed by atoms with van der Waals surface area (Å²) < 4.78 is 11.4. The van der Waals surface area contributed by atoms with Gasteiger partial charge in [0.2, 0.25) is 0 Å². The molecule has 2 atom stereocenters. The number of carbonyl (C=O) groups excluding carboxylic acids is 1. The molecule has 0 aromatic carbocycles. The van der Waals surface area contributed by atoms with Crippen LogP contribution < -0.4 is 0 Å². The van der Waals surface area contributed by atoms with E-state index in [-0.39, 0.29) is 17.0 Å². The smallest absolute Gasteiger partial charge is 0.410 e. The molecule has 20 heavy (non-hydrogen) atoms. The van der Waals surface area contributed by atoms with E-state index in [4.69, 9.17) is 9.47 Å². The molecular formula is C15H28BrNO3. The molecule has 0 spiro atoms. The van der Waals surface area contributed by atoms with Crippen LogP contribution in [0.4, 0.5) is 4.79 Å². The molecule has 1 heterocycles. The average Bonchev–Trinajstić information content (AvgIpc) is 2.70. The zero-order valence-corrected chi connectivity index (χ0v) is 14.9. The van der Waals surface area contributed by atoms with Crippen LogP contribution in [0, 0.1) is 5.92 Å². The summed E-state index contributed by atoms with van der Waals surface area (Å²) in [4.78, 5) is 13.9. The third-order valence-electron chi connectivity index (χ3n) is 3.55. The Morgan fingerprint density at radius 3 is 2.40 bits per heavy atom. The number of ether oxygens (including phenoxy) is 2. The summed E-state index contributed by atoms with van der Waals surface area (Å²) in [6, 6.07) is 0. The highest BCUT2D eigenvalue weighted by Crippen LogP contribution is 2.23. The summed E-state index contributed by atoms with van der Waals surface area (Å²) in [6.07, 6.45) is 2.07. The average molecular weight is 350 g/mol. The van der Waals surface area contributed by atoms with Crippen LogP contribution in [0.5, 0.6) is 0 Å². The summed E-state index contributed by atoms with van der Waals surface area (Å²) in [7, 11) is 0. The second kappa shape index (κ2) is 7.64. The van der Waals surface area contributed by atoms with Crippen molar-refractivity contribution in [2.45, 2.75) is 64.0 Å². The monoisotopic (exact) mass is 349 g/mol. The first-order valence-corrected chi connectivity index (χ1v) is 8.42. The van der Waals surface area contributed by atoms with E-state index >= 15 is 0 Å². The second-order valence-corrected chi connectivity index (χ2v) is 7.63. The lowest BCUT2D eigenvalue weighted by atomic mass is 10.1. The number of halogens is 1. The van der Waals surface area contributed by atoms with Gasteiger partial charge in [0, 0.05) is 13.2 Å². The lowest BCUT2D eigenvalue weighted by Crippen LogP contribution is -2.36. The first kappa shape index (κ1) is 17.8. The van der Waals surface area contributed by atoms with Crippen LogP contribution in [0.2, 0.25) is 0 Å². The maximum atomic E-state index is 12.0. The van der Waals surface area contributed by atoms with E-state index in [9.17, 15) is 4.79 Å². The van der Waals surface area contributed by atoms with E-state index in [0.29, 0.717) is 19.0 Å². The Labute approximate surface area is 131 Å². The van der Waals surface area contributed by atoms with E-state index in [0.717, 1.165) is 19.4 Å². The van der Waals surface area contributed by atoms with Crippen LogP contribution in [0.15, 0.2) is 0 Å². The Bertz CT molecular complexity index is 313. The van der Waals surface area contributed by atoms with Gasteiger partial charge in [0.1, 0.15) is 5.60 Å². The van der Waals surface area contributed by atoms with E-state index in [1.54, 1.807) is 4.90 Å². The minimum absolute atomic E-state index is 0.0584. The van der Waals surface area contributed by atoms with Crippen LogP contribution in [-0.4, -0.2) is 47.2 Å². The zero-order valence-electron chi connectivity index (χ0n) is 13.3. The first-order chi connectivity index (χ1) is 9.26. The number of amides is 1. The Morgan fingerprint density at radius 2 is 1.90 bits per heavy atom. The van der Waals surface area contributed by atoms with E-state index in [1.165, 1.54) is 0 Å². The van der Waals surface area contributed by atoms with Crippen LogP contribution in [0.3, 0.4) is 0 Å². The fourth-order valence-electron chi connectivity index (χ4n) is 2.15. The Balaban J connectivity index is 2.44. The van der Waals surface area contributed by atoms with Crippen molar-refractivity contribution in [3.63, 3.8) is 0 Å². The summed E-state index contributed by atoms with van der Waals surface area (Å²) >= 11 is 3.61. The third-order valence-corrected chi connectivity index (χ3v) is 4.43. The highest BCUT2D eigenvalue weighted by molar-refractivity contribution is 9.09. The van der Waals surface area contributed by atoms with Crippen molar-refractivity contribution < 1.29 is 14.3 Å². The molecule has 0 aliphatic carbocycles. The van der Waals surface area contributed by atoms with Crippen LogP contribution in [-0.2, 0) is 9.47 Å². The van der Waals surface area contributed by atoms with Crippen LogP contribution >= 0.6 is 15.9 Å². The molecule has 1 amide bonds. The molecule has 4 nitrogen and oxygen atoms in total. The van der Waals surface area contributed by atoms with Crippen molar-refractivity contribution in [3.05, 3.63) is 0 Å². The van der Waals surface area contributed by atoms with Gasteiger partial charge in [-0.2, -0.15) is 0 Å². The number of carbonyl (C=O) groups is 1. The second-order valence-electron chi connectivity index (χ2n) is 6.46. The molecule has 0 bridgehead atoms. The topological polar surface area (TPSA) is 38.8 Å². The molecular weight excluding hydrogens is 322 g/mol. The molecule has 0 N–H and O–H groups in total. The highest BCUT2D eigenvalue weighted by atomic mass is 79.9. The van der Waals surface area contributed by atoms with Gasteiger partial charge in [-0.15, -0.1) is 0 Å². The normalized spacial score (nSPS) is 23.4. The molecule has 0 radical (unpaired) electrons. The number of nitrogens with zero attached hydrogens (tertiary/aromatic N) is 1. The fraction of sp³-hybridized carbons (Fsp3) is 0.933. The minimum Gasteiger partial charge on any atom is -0.444 e. The van der Waals surface area contributed by atoms with Gasteiger partial charge in [-0.05, 0) is 26.7 Å². The van der Waals surface area contributed by atoms with Gasteiger partial charge in [0.15, 0.2) is 0 Å². The molecule has 0 saturated carbocycles. The SMILES string of the molecule is CCC(CC)COC1CN(C(=O)OC(C)(C)C)CC1Br. The zero-order chi connectivity index (χ0) is 15.3. The van der Waals surface area contributed by atoms with Crippen LogP contribution in [0.25, 0.3) is 0 Å². The van der Waals surface area contributed by atoms with Crippen molar-refractivity contribution >= 4 is 22.0 Å².